The third-order valence-corrected chi connectivity index (χ3v) is 4.09. The number of H-pyrrole nitrogens is 1. The lowest BCUT2D eigenvalue weighted by molar-refractivity contribution is -0.121. The van der Waals surface area contributed by atoms with Crippen molar-refractivity contribution >= 4 is 16.8 Å². The van der Waals surface area contributed by atoms with Crippen LogP contribution in [0.25, 0.3) is 10.9 Å². The Balaban J connectivity index is 1.51. The fraction of sp³-hybridized carbons (Fsp3) is 0.200. The number of aryl methyl sites for hydroxylation is 1. The first-order valence-corrected chi connectivity index (χ1v) is 8.24. The standard InChI is InChI=1S/C20H19FN2O2/c21-17-10-8-14(9-11-17)4-3-7-19(24)22-13-16-12-15-5-1-2-6-18(15)23-20(16)25/h1-2,5-6,8-12H,3-4,7,13H2,(H,22,24)(H,23,25). The molecule has 1 heterocycles. The number of aromatic nitrogens is 1. The molecule has 128 valence electrons. The molecule has 0 atom stereocenters. The van der Waals surface area contributed by atoms with Crippen molar-refractivity contribution in [1.82, 2.24) is 10.3 Å². The normalized spacial score (nSPS) is 10.8. The van der Waals surface area contributed by atoms with Crippen molar-refractivity contribution < 1.29 is 9.18 Å². The summed E-state index contributed by atoms with van der Waals surface area (Å²) in [6.45, 7) is 0.204. The van der Waals surface area contributed by atoms with Crippen LogP contribution in [-0.2, 0) is 17.8 Å². The van der Waals surface area contributed by atoms with E-state index in [9.17, 15) is 14.0 Å². The molecule has 5 heteroatoms. The van der Waals surface area contributed by atoms with E-state index in [4.69, 9.17) is 0 Å². The molecule has 0 aliphatic rings. The van der Waals surface area contributed by atoms with Gasteiger partial charge in [0.05, 0.1) is 0 Å². The zero-order chi connectivity index (χ0) is 17.6. The van der Waals surface area contributed by atoms with Crippen molar-refractivity contribution in [2.45, 2.75) is 25.8 Å². The molecule has 0 radical (unpaired) electrons. The molecule has 0 saturated heterocycles. The third kappa shape index (κ3) is 4.53. The van der Waals surface area contributed by atoms with Gasteiger partial charge >= 0.3 is 0 Å². The average Bonchev–Trinajstić information content (AvgIpc) is 2.61. The molecule has 25 heavy (non-hydrogen) atoms. The molecule has 0 aliphatic carbocycles. The number of carbonyl (C=O) groups excluding carboxylic acids is 1. The van der Waals surface area contributed by atoms with Gasteiger partial charge in [-0.15, -0.1) is 0 Å². The van der Waals surface area contributed by atoms with Crippen LogP contribution in [0.3, 0.4) is 0 Å². The number of nitrogens with one attached hydrogen (secondary N) is 2. The minimum Gasteiger partial charge on any atom is -0.352 e. The average molecular weight is 338 g/mol. The van der Waals surface area contributed by atoms with E-state index in [2.05, 4.69) is 10.3 Å². The molecule has 3 aromatic rings. The van der Waals surface area contributed by atoms with Crippen LogP contribution in [0.5, 0.6) is 0 Å². The summed E-state index contributed by atoms with van der Waals surface area (Å²) in [6.07, 6.45) is 1.75. The van der Waals surface area contributed by atoms with E-state index in [-0.39, 0.29) is 23.8 Å². The number of carbonyl (C=O) groups is 1. The smallest absolute Gasteiger partial charge is 0.253 e. The molecule has 1 amide bonds. The van der Waals surface area contributed by atoms with Crippen molar-refractivity contribution in [3.05, 3.63) is 81.9 Å². The zero-order valence-electron chi connectivity index (χ0n) is 13.7. The van der Waals surface area contributed by atoms with E-state index in [0.29, 0.717) is 24.8 Å². The van der Waals surface area contributed by atoms with Gasteiger partial charge in [-0.1, -0.05) is 30.3 Å². The Morgan fingerprint density at radius 1 is 1.08 bits per heavy atom. The van der Waals surface area contributed by atoms with Crippen LogP contribution >= 0.6 is 0 Å². The maximum atomic E-state index is 12.8. The van der Waals surface area contributed by atoms with Gasteiger partial charge in [-0.25, -0.2) is 4.39 Å². The van der Waals surface area contributed by atoms with Gasteiger partial charge < -0.3 is 10.3 Å². The van der Waals surface area contributed by atoms with Crippen molar-refractivity contribution in [2.75, 3.05) is 0 Å². The fourth-order valence-electron chi connectivity index (χ4n) is 2.71. The highest BCUT2D eigenvalue weighted by Gasteiger charge is 2.06. The van der Waals surface area contributed by atoms with Crippen LogP contribution in [0.1, 0.15) is 24.0 Å². The highest BCUT2D eigenvalue weighted by molar-refractivity contribution is 5.79. The quantitative estimate of drug-likeness (QED) is 0.724. The molecule has 2 N–H and O–H groups in total. The molecular weight excluding hydrogens is 319 g/mol. The maximum Gasteiger partial charge on any atom is 0.253 e. The van der Waals surface area contributed by atoms with Crippen molar-refractivity contribution in [3.8, 4) is 0 Å². The van der Waals surface area contributed by atoms with Crippen LogP contribution in [0, 0.1) is 5.82 Å². The zero-order valence-corrected chi connectivity index (χ0v) is 13.7. The molecule has 3 rings (SSSR count). The second-order valence-electron chi connectivity index (χ2n) is 5.97. The topological polar surface area (TPSA) is 62.0 Å². The van der Waals surface area contributed by atoms with E-state index in [1.165, 1.54) is 12.1 Å². The number of para-hydroxylation sites is 1. The molecule has 0 bridgehead atoms. The van der Waals surface area contributed by atoms with Crippen molar-refractivity contribution in [1.29, 1.82) is 0 Å². The highest BCUT2D eigenvalue weighted by Crippen LogP contribution is 2.10. The van der Waals surface area contributed by atoms with Crippen LogP contribution in [0.4, 0.5) is 4.39 Å². The number of benzene rings is 2. The Hall–Kier alpha value is -2.95. The molecule has 4 nitrogen and oxygen atoms in total. The van der Waals surface area contributed by atoms with E-state index in [1.54, 1.807) is 18.2 Å². The lowest BCUT2D eigenvalue weighted by Crippen LogP contribution is -2.26. The van der Waals surface area contributed by atoms with Crippen molar-refractivity contribution in [3.63, 3.8) is 0 Å². The molecule has 2 aromatic carbocycles. The van der Waals surface area contributed by atoms with E-state index < -0.39 is 0 Å². The minimum atomic E-state index is -0.262. The van der Waals surface area contributed by atoms with Gasteiger partial charge in [-0.05, 0) is 48.1 Å². The van der Waals surface area contributed by atoms with Gasteiger partial charge in [-0.3, -0.25) is 9.59 Å². The van der Waals surface area contributed by atoms with E-state index in [1.807, 2.05) is 24.3 Å². The molecule has 0 saturated carbocycles. The first kappa shape index (κ1) is 16.9. The van der Waals surface area contributed by atoms with Crippen LogP contribution in [0.15, 0.2) is 59.4 Å². The highest BCUT2D eigenvalue weighted by atomic mass is 19.1. The second kappa shape index (κ2) is 7.75. The number of hydrogen-bond donors (Lipinski definition) is 2. The van der Waals surface area contributed by atoms with Crippen LogP contribution in [-0.4, -0.2) is 10.9 Å². The van der Waals surface area contributed by atoms with E-state index >= 15 is 0 Å². The number of hydrogen-bond acceptors (Lipinski definition) is 2. The Kier molecular flexibility index (Phi) is 5.23. The Morgan fingerprint density at radius 3 is 2.64 bits per heavy atom. The molecule has 0 spiro atoms. The largest absolute Gasteiger partial charge is 0.352 e. The Labute approximate surface area is 144 Å². The Morgan fingerprint density at radius 2 is 1.84 bits per heavy atom. The van der Waals surface area contributed by atoms with Crippen LogP contribution in [0.2, 0.25) is 0 Å². The van der Waals surface area contributed by atoms with Gasteiger partial charge in [0.15, 0.2) is 0 Å². The summed E-state index contributed by atoms with van der Waals surface area (Å²) in [4.78, 5) is 26.8. The summed E-state index contributed by atoms with van der Waals surface area (Å²) in [5.41, 5.74) is 2.12. The molecule has 0 unspecified atom stereocenters. The minimum absolute atomic E-state index is 0.102. The number of aromatic amines is 1. The monoisotopic (exact) mass is 338 g/mol. The van der Waals surface area contributed by atoms with Crippen molar-refractivity contribution in [2.24, 2.45) is 0 Å². The predicted octanol–water partition coefficient (Wildman–Crippen LogP) is 3.31. The van der Waals surface area contributed by atoms with Gasteiger partial charge in [0.1, 0.15) is 5.82 Å². The maximum absolute atomic E-state index is 12.8. The number of amides is 1. The first-order chi connectivity index (χ1) is 12.1. The lowest BCUT2D eigenvalue weighted by atomic mass is 10.1. The number of halogens is 1. The molecule has 0 fully saturated rings. The fourth-order valence-corrected chi connectivity index (χ4v) is 2.71. The summed E-state index contributed by atoms with van der Waals surface area (Å²) < 4.78 is 12.8. The summed E-state index contributed by atoms with van der Waals surface area (Å²) in [7, 11) is 0. The van der Waals surface area contributed by atoms with Gasteiger partial charge in [-0.2, -0.15) is 0 Å². The van der Waals surface area contributed by atoms with Gasteiger partial charge in [0.25, 0.3) is 5.56 Å². The SMILES string of the molecule is O=C(CCCc1ccc(F)cc1)NCc1cc2ccccc2[nH]c1=O. The van der Waals surface area contributed by atoms with Crippen LogP contribution < -0.4 is 10.9 Å². The number of fused-ring (bicyclic) bond motifs is 1. The van der Waals surface area contributed by atoms with Gasteiger partial charge in [0.2, 0.25) is 5.91 Å². The Bertz CT molecular complexity index is 932. The third-order valence-electron chi connectivity index (χ3n) is 4.09. The summed E-state index contributed by atoms with van der Waals surface area (Å²) >= 11 is 0. The molecule has 1 aromatic heterocycles. The summed E-state index contributed by atoms with van der Waals surface area (Å²) in [6, 6.07) is 15.6. The summed E-state index contributed by atoms with van der Waals surface area (Å²) in [5.74, 6) is -0.364. The predicted molar refractivity (Wildman–Crippen MR) is 95.8 cm³/mol. The van der Waals surface area contributed by atoms with Gasteiger partial charge in [0, 0.05) is 24.0 Å². The lowest BCUT2D eigenvalue weighted by Gasteiger charge is -2.06. The number of rotatable bonds is 6. The number of pyridine rings is 1. The summed E-state index contributed by atoms with van der Waals surface area (Å²) in [5, 5.41) is 3.71. The molecule has 0 aliphatic heterocycles. The van der Waals surface area contributed by atoms with E-state index in [0.717, 1.165) is 16.5 Å². The second-order valence-corrected chi connectivity index (χ2v) is 5.97. The molecular formula is C20H19FN2O2. The first-order valence-electron chi connectivity index (χ1n) is 8.24.